The lowest BCUT2D eigenvalue weighted by Gasteiger charge is -2.14. The van der Waals surface area contributed by atoms with E-state index in [0.717, 1.165) is 13.0 Å². The summed E-state index contributed by atoms with van der Waals surface area (Å²) >= 11 is 0. The second-order valence-electron chi connectivity index (χ2n) is 2.26. The summed E-state index contributed by atoms with van der Waals surface area (Å²) in [4.78, 5) is 2.16. The zero-order valence-corrected chi connectivity index (χ0v) is 6.33. The van der Waals surface area contributed by atoms with Gasteiger partial charge in [0, 0.05) is 12.7 Å². The van der Waals surface area contributed by atoms with Crippen LogP contribution >= 0.6 is 0 Å². The van der Waals surface area contributed by atoms with Crippen LogP contribution in [0.2, 0.25) is 0 Å². The Labute approximate surface area is 62.3 Å². The molecular weight excluding hydrogens is 122 g/mol. The maximum absolute atomic E-state index is 2.16. The SMILES string of the molecule is CC/C=C/N1C=CC=CC1. The fourth-order valence-electron chi connectivity index (χ4n) is 0.834. The van der Waals surface area contributed by atoms with E-state index in [9.17, 15) is 0 Å². The Balaban J connectivity index is 2.36. The van der Waals surface area contributed by atoms with Crippen LogP contribution in [0.1, 0.15) is 13.3 Å². The van der Waals surface area contributed by atoms with E-state index in [1.165, 1.54) is 0 Å². The van der Waals surface area contributed by atoms with E-state index in [1.807, 2.05) is 6.08 Å². The molecule has 0 aromatic heterocycles. The van der Waals surface area contributed by atoms with Crippen LogP contribution in [0.25, 0.3) is 0 Å². The monoisotopic (exact) mass is 135 g/mol. The third-order valence-electron chi connectivity index (χ3n) is 1.37. The van der Waals surface area contributed by atoms with Gasteiger partial charge in [-0.2, -0.15) is 0 Å². The molecular formula is C9H13N. The largest absolute Gasteiger partial charge is 0.351 e. The van der Waals surface area contributed by atoms with Crippen molar-refractivity contribution in [3.63, 3.8) is 0 Å². The first-order valence-corrected chi connectivity index (χ1v) is 3.69. The van der Waals surface area contributed by atoms with Crippen LogP contribution in [-0.4, -0.2) is 11.4 Å². The third kappa shape index (κ3) is 2.09. The van der Waals surface area contributed by atoms with E-state index in [-0.39, 0.29) is 0 Å². The van der Waals surface area contributed by atoms with Crippen LogP contribution in [-0.2, 0) is 0 Å². The Morgan fingerprint density at radius 2 is 2.40 bits per heavy atom. The Kier molecular flexibility index (Phi) is 2.81. The van der Waals surface area contributed by atoms with Gasteiger partial charge in [-0.3, -0.25) is 0 Å². The molecule has 0 bridgehead atoms. The summed E-state index contributed by atoms with van der Waals surface area (Å²) in [6.07, 6.45) is 13.7. The average molecular weight is 135 g/mol. The van der Waals surface area contributed by atoms with Crippen LogP contribution in [0.4, 0.5) is 0 Å². The predicted octanol–water partition coefficient (Wildman–Crippen LogP) is 2.30. The van der Waals surface area contributed by atoms with Crippen molar-refractivity contribution in [3.8, 4) is 0 Å². The molecule has 0 atom stereocenters. The Morgan fingerprint density at radius 1 is 1.50 bits per heavy atom. The minimum atomic E-state index is 1.01. The van der Waals surface area contributed by atoms with Crippen molar-refractivity contribution in [2.24, 2.45) is 0 Å². The number of hydrogen-bond acceptors (Lipinski definition) is 1. The summed E-state index contributed by atoms with van der Waals surface area (Å²) < 4.78 is 0. The quantitative estimate of drug-likeness (QED) is 0.561. The molecule has 1 heterocycles. The second-order valence-corrected chi connectivity index (χ2v) is 2.26. The Hall–Kier alpha value is -0.980. The highest BCUT2D eigenvalue weighted by Crippen LogP contribution is 1.98. The number of rotatable bonds is 2. The highest BCUT2D eigenvalue weighted by atomic mass is 15.1. The van der Waals surface area contributed by atoms with Crippen LogP contribution < -0.4 is 0 Å². The molecule has 1 aliphatic rings. The molecule has 0 aromatic carbocycles. The fraction of sp³-hybridized carbons (Fsp3) is 0.333. The van der Waals surface area contributed by atoms with Gasteiger partial charge in [0.25, 0.3) is 0 Å². The number of nitrogens with zero attached hydrogens (tertiary/aromatic N) is 1. The lowest BCUT2D eigenvalue weighted by molar-refractivity contribution is 0.558. The van der Waals surface area contributed by atoms with Gasteiger partial charge in [-0.25, -0.2) is 0 Å². The molecule has 54 valence electrons. The van der Waals surface area contributed by atoms with Gasteiger partial charge in [0.05, 0.1) is 0 Å². The maximum atomic E-state index is 2.16. The summed E-state index contributed by atoms with van der Waals surface area (Å²) in [6.45, 7) is 3.15. The summed E-state index contributed by atoms with van der Waals surface area (Å²) in [7, 11) is 0. The van der Waals surface area contributed by atoms with Crippen molar-refractivity contribution in [2.75, 3.05) is 6.54 Å². The van der Waals surface area contributed by atoms with E-state index < -0.39 is 0 Å². The molecule has 0 amide bonds. The molecule has 1 nitrogen and oxygen atoms in total. The molecule has 0 radical (unpaired) electrons. The van der Waals surface area contributed by atoms with E-state index >= 15 is 0 Å². The van der Waals surface area contributed by atoms with Crippen molar-refractivity contribution in [1.82, 2.24) is 4.90 Å². The lowest BCUT2D eigenvalue weighted by Crippen LogP contribution is -2.10. The molecule has 0 aliphatic carbocycles. The van der Waals surface area contributed by atoms with Gasteiger partial charge in [-0.05, 0) is 18.7 Å². The second kappa shape index (κ2) is 3.94. The van der Waals surface area contributed by atoms with Crippen molar-refractivity contribution in [2.45, 2.75) is 13.3 Å². The van der Waals surface area contributed by atoms with Gasteiger partial charge < -0.3 is 4.90 Å². The molecule has 0 saturated carbocycles. The molecule has 0 fully saturated rings. The summed E-state index contributed by atoms with van der Waals surface area (Å²) in [5.74, 6) is 0. The predicted molar refractivity (Wildman–Crippen MR) is 44.4 cm³/mol. The van der Waals surface area contributed by atoms with Crippen molar-refractivity contribution in [3.05, 3.63) is 36.7 Å². The van der Waals surface area contributed by atoms with E-state index in [4.69, 9.17) is 0 Å². The molecule has 0 spiro atoms. The normalized spacial score (nSPS) is 17.1. The van der Waals surface area contributed by atoms with Gasteiger partial charge in [0.15, 0.2) is 0 Å². The molecule has 10 heavy (non-hydrogen) atoms. The van der Waals surface area contributed by atoms with Crippen LogP contribution in [0.3, 0.4) is 0 Å². The van der Waals surface area contributed by atoms with Gasteiger partial charge in [-0.1, -0.05) is 25.2 Å². The van der Waals surface area contributed by atoms with Gasteiger partial charge in [-0.15, -0.1) is 0 Å². The molecule has 1 aliphatic heterocycles. The van der Waals surface area contributed by atoms with Gasteiger partial charge >= 0.3 is 0 Å². The van der Waals surface area contributed by atoms with Crippen molar-refractivity contribution >= 4 is 0 Å². The zero-order valence-electron chi connectivity index (χ0n) is 6.33. The minimum Gasteiger partial charge on any atom is -0.351 e. The molecule has 0 saturated heterocycles. The topological polar surface area (TPSA) is 3.24 Å². The minimum absolute atomic E-state index is 1.01. The van der Waals surface area contributed by atoms with Crippen LogP contribution in [0.5, 0.6) is 0 Å². The lowest BCUT2D eigenvalue weighted by atomic mass is 10.3. The van der Waals surface area contributed by atoms with Gasteiger partial charge in [0.2, 0.25) is 0 Å². The first-order chi connectivity index (χ1) is 4.93. The summed E-state index contributed by atoms with van der Waals surface area (Å²) in [6, 6.07) is 0. The van der Waals surface area contributed by atoms with Gasteiger partial charge in [0.1, 0.15) is 0 Å². The van der Waals surface area contributed by atoms with E-state index in [2.05, 4.69) is 42.5 Å². The van der Waals surface area contributed by atoms with Crippen LogP contribution in [0.15, 0.2) is 36.7 Å². The molecule has 0 N–H and O–H groups in total. The summed E-state index contributed by atoms with van der Waals surface area (Å²) in [5, 5.41) is 0. The number of allylic oxidation sites excluding steroid dienone is 3. The molecule has 0 unspecified atom stereocenters. The van der Waals surface area contributed by atoms with E-state index in [0.29, 0.717) is 0 Å². The van der Waals surface area contributed by atoms with E-state index in [1.54, 1.807) is 0 Å². The summed E-state index contributed by atoms with van der Waals surface area (Å²) in [5.41, 5.74) is 0. The average Bonchev–Trinajstić information content (AvgIpc) is 2.03. The molecule has 1 heteroatoms. The molecule has 0 aromatic rings. The zero-order chi connectivity index (χ0) is 7.23. The first-order valence-electron chi connectivity index (χ1n) is 3.69. The third-order valence-corrected chi connectivity index (χ3v) is 1.37. The molecule has 1 rings (SSSR count). The highest BCUT2D eigenvalue weighted by Gasteiger charge is 1.90. The Morgan fingerprint density at radius 3 is 3.00 bits per heavy atom. The standard InChI is InChI=1S/C9H13N/c1-2-3-7-10-8-5-4-6-9-10/h3-8H,2,9H2,1H3/b7-3+. The van der Waals surface area contributed by atoms with Crippen molar-refractivity contribution in [1.29, 1.82) is 0 Å². The van der Waals surface area contributed by atoms with Crippen molar-refractivity contribution < 1.29 is 0 Å². The Bertz CT molecular complexity index is 166. The first kappa shape index (κ1) is 7.13. The van der Waals surface area contributed by atoms with Crippen LogP contribution in [0, 0.1) is 0 Å². The maximum Gasteiger partial charge on any atom is 0.0403 e. The smallest absolute Gasteiger partial charge is 0.0403 e. The fourth-order valence-corrected chi connectivity index (χ4v) is 0.834. The highest BCUT2D eigenvalue weighted by molar-refractivity contribution is 5.10. The number of hydrogen-bond donors (Lipinski definition) is 0.